The second-order valence-corrected chi connectivity index (χ2v) is 7.90. The smallest absolute Gasteiger partial charge is 0.161 e. The fourth-order valence-electron chi connectivity index (χ4n) is 3.80. The molecular formula is C18H26N2O2S. The van der Waals surface area contributed by atoms with E-state index in [9.17, 15) is 0 Å². The second kappa shape index (κ2) is 7.32. The van der Waals surface area contributed by atoms with Crippen molar-refractivity contribution >= 4 is 11.8 Å². The van der Waals surface area contributed by atoms with Gasteiger partial charge in [-0.3, -0.25) is 9.80 Å². The maximum atomic E-state index is 6.09. The van der Waals surface area contributed by atoms with E-state index in [1.54, 1.807) is 0 Å². The molecule has 4 nitrogen and oxygen atoms in total. The molecule has 1 aromatic rings. The Morgan fingerprint density at radius 3 is 2.52 bits per heavy atom. The van der Waals surface area contributed by atoms with Crippen LogP contribution < -0.4 is 9.47 Å². The highest BCUT2D eigenvalue weighted by atomic mass is 32.2. The summed E-state index contributed by atoms with van der Waals surface area (Å²) in [6.45, 7) is 6.37. The monoisotopic (exact) mass is 334 g/mol. The van der Waals surface area contributed by atoms with Crippen LogP contribution in [0.5, 0.6) is 11.5 Å². The molecule has 3 aliphatic rings. The lowest BCUT2D eigenvalue weighted by atomic mass is 10.1. The third-order valence-corrected chi connectivity index (χ3v) is 6.19. The van der Waals surface area contributed by atoms with Gasteiger partial charge in [-0.15, -0.1) is 0 Å². The molecule has 0 N–H and O–H groups in total. The van der Waals surface area contributed by atoms with Crippen LogP contribution in [0.2, 0.25) is 0 Å². The number of benzene rings is 1. The molecule has 1 aromatic carbocycles. The molecule has 0 unspecified atom stereocenters. The van der Waals surface area contributed by atoms with Crippen molar-refractivity contribution in [2.24, 2.45) is 0 Å². The van der Waals surface area contributed by atoms with Crippen molar-refractivity contribution in [2.75, 3.05) is 50.8 Å². The lowest BCUT2D eigenvalue weighted by Gasteiger charge is -2.41. The maximum absolute atomic E-state index is 6.09. The Morgan fingerprint density at radius 2 is 1.74 bits per heavy atom. The van der Waals surface area contributed by atoms with Crippen molar-refractivity contribution in [1.82, 2.24) is 9.80 Å². The Bertz CT molecular complexity index is 513. The maximum Gasteiger partial charge on any atom is 0.161 e. The number of ether oxygens (including phenoxy) is 2. The lowest BCUT2D eigenvalue weighted by Crippen LogP contribution is -2.53. The van der Waals surface area contributed by atoms with Crippen molar-refractivity contribution in [3.8, 4) is 11.5 Å². The Hall–Kier alpha value is -0.910. The summed E-state index contributed by atoms with van der Waals surface area (Å²) in [6.07, 6.45) is 2.91. The van der Waals surface area contributed by atoms with Crippen LogP contribution in [0.3, 0.4) is 0 Å². The zero-order valence-corrected chi connectivity index (χ0v) is 14.5. The van der Waals surface area contributed by atoms with Gasteiger partial charge in [-0.25, -0.2) is 0 Å². The van der Waals surface area contributed by atoms with Crippen LogP contribution in [-0.2, 0) is 0 Å². The number of fused-ring (bicyclic) bond motifs is 1. The quantitative estimate of drug-likeness (QED) is 0.845. The highest BCUT2D eigenvalue weighted by Gasteiger charge is 2.28. The van der Waals surface area contributed by atoms with E-state index < -0.39 is 0 Å². The van der Waals surface area contributed by atoms with Crippen molar-refractivity contribution < 1.29 is 9.47 Å². The average Bonchev–Trinajstić information content (AvgIpc) is 2.63. The fraction of sp³-hybridized carbons (Fsp3) is 0.667. The summed E-state index contributed by atoms with van der Waals surface area (Å²) < 4.78 is 11.9. The van der Waals surface area contributed by atoms with Crippen LogP contribution in [0.15, 0.2) is 24.3 Å². The SMILES string of the molecule is c1ccc2c(c1)OC[C@H](CN1CCN(C3CCSCC3)CC1)O2. The third kappa shape index (κ3) is 3.78. The van der Waals surface area contributed by atoms with Gasteiger partial charge in [0, 0.05) is 38.8 Å². The third-order valence-electron chi connectivity index (χ3n) is 5.14. The van der Waals surface area contributed by atoms with Crippen LogP contribution in [0, 0.1) is 0 Å². The van der Waals surface area contributed by atoms with E-state index in [-0.39, 0.29) is 6.10 Å². The largest absolute Gasteiger partial charge is 0.486 e. The predicted molar refractivity (Wildman–Crippen MR) is 94.7 cm³/mol. The molecule has 2 fully saturated rings. The summed E-state index contributed by atoms with van der Waals surface area (Å²) in [4.78, 5) is 5.25. The molecule has 0 amide bonds. The van der Waals surface area contributed by atoms with Gasteiger partial charge in [-0.2, -0.15) is 11.8 Å². The van der Waals surface area contributed by atoms with Gasteiger partial charge in [-0.1, -0.05) is 12.1 Å². The minimum atomic E-state index is 0.155. The second-order valence-electron chi connectivity index (χ2n) is 6.68. The van der Waals surface area contributed by atoms with E-state index in [0.717, 1.165) is 37.2 Å². The molecule has 0 aromatic heterocycles. The number of hydrogen-bond donors (Lipinski definition) is 0. The molecule has 0 spiro atoms. The van der Waals surface area contributed by atoms with Crippen molar-refractivity contribution in [1.29, 1.82) is 0 Å². The van der Waals surface area contributed by atoms with Gasteiger partial charge in [0.15, 0.2) is 11.5 Å². The zero-order chi connectivity index (χ0) is 15.5. The van der Waals surface area contributed by atoms with Crippen molar-refractivity contribution in [3.63, 3.8) is 0 Å². The van der Waals surface area contributed by atoms with Gasteiger partial charge in [-0.05, 0) is 36.5 Å². The van der Waals surface area contributed by atoms with E-state index >= 15 is 0 Å². The van der Waals surface area contributed by atoms with Gasteiger partial charge < -0.3 is 9.47 Å². The molecule has 2 saturated heterocycles. The van der Waals surface area contributed by atoms with Gasteiger partial charge >= 0.3 is 0 Å². The number of piperazine rings is 1. The first-order valence-electron chi connectivity index (χ1n) is 8.81. The average molecular weight is 334 g/mol. The molecule has 0 bridgehead atoms. The highest BCUT2D eigenvalue weighted by molar-refractivity contribution is 7.99. The van der Waals surface area contributed by atoms with Crippen LogP contribution >= 0.6 is 11.8 Å². The highest BCUT2D eigenvalue weighted by Crippen LogP contribution is 2.31. The minimum absolute atomic E-state index is 0.155. The van der Waals surface area contributed by atoms with E-state index in [1.807, 2.05) is 24.3 Å². The first-order valence-corrected chi connectivity index (χ1v) is 9.96. The number of rotatable bonds is 3. The molecule has 5 heteroatoms. The molecule has 3 aliphatic heterocycles. The summed E-state index contributed by atoms with van der Waals surface area (Å²) in [5.41, 5.74) is 0. The number of thioether (sulfide) groups is 1. The van der Waals surface area contributed by atoms with Gasteiger partial charge in [0.25, 0.3) is 0 Å². The minimum Gasteiger partial charge on any atom is -0.486 e. The number of para-hydroxylation sites is 2. The van der Waals surface area contributed by atoms with Crippen LogP contribution in [0.4, 0.5) is 0 Å². The van der Waals surface area contributed by atoms with E-state index in [0.29, 0.717) is 6.61 Å². The van der Waals surface area contributed by atoms with Gasteiger partial charge in [0.1, 0.15) is 12.7 Å². The summed E-state index contributed by atoms with van der Waals surface area (Å²) >= 11 is 2.11. The summed E-state index contributed by atoms with van der Waals surface area (Å²) in [5.74, 6) is 4.46. The molecule has 4 rings (SSSR count). The Morgan fingerprint density at radius 1 is 1.00 bits per heavy atom. The fourth-order valence-corrected chi connectivity index (χ4v) is 4.88. The zero-order valence-electron chi connectivity index (χ0n) is 13.7. The Labute approximate surface area is 143 Å². The first kappa shape index (κ1) is 15.6. The molecular weight excluding hydrogens is 308 g/mol. The van der Waals surface area contributed by atoms with E-state index in [1.165, 1.54) is 37.4 Å². The van der Waals surface area contributed by atoms with Crippen molar-refractivity contribution in [2.45, 2.75) is 25.0 Å². The van der Waals surface area contributed by atoms with Crippen molar-refractivity contribution in [3.05, 3.63) is 24.3 Å². The lowest BCUT2D eigenvalue weighted by molar-refractivity contribution is 0.0312. The summed E-state index contributed by atoms with van der Waals surface area (Å²) in [5, 5.41) is 0. The Kier molecular flexibility index (Phi) is 4.97. The molecule has 0 radical (unpaired) electrons. The number of hydrogen-bond acceptors (Lipinski definition) is 5. The summed E-state index contributed by atoms with van der Waals surface area (Å²) in [7, 11) is 0. The summed E-state index contributed by atoms with van der Waals surface area (Å²) in [6, 6.07) is 8.81. The molecule has 0 saturated carbocycles. The molecule has 23 heavy (non-hydrogen) atoms. The van der Waals surface area contributed by atoms with Gasteiger partial charge in [0.2, 0.25) is 0 Å². The molecule has 126 valence electrons. The molecule has 3 heterocycles. The van der Waals surface area contributed by atoms with E-state index in [2.05, 4.69) is 21.6 Å². The molecule has 1 atom stereocenters. The predicted octanol–water partition coefficient (Wildman–Crippen LogP) is 2.34. The topological polar surface area (TPSA) is 24.9 Å². The van der Waals surface area contributed by atoms with Crippen LogP contribution in [0.1, 0.15) is 12.8 Å². The Balaban J connectivity index is 1.25. The van der Waals surface area contributed by atoms with Gasteiger partial charge in [0.05, 0.1) is 0 Å². The van der Waals surface area contributed by atoms with E-state index in [4.69, 9.17) is 9.47 Å². The first-order chi connectivity index (χ1) is 11.4. The normalized spacial score (nSPS) is 27.0. The standard InChI is InChI=1S/C18H26N2O2S/c1-2-4-18-17(3-1)21-14-16(22-18)13-19-7-9-20(10-8-19)15-5-11-23-12-6-15/h1-4,15-16H,5-14H2/t16-/m0/s1. The van der Waals surface area contributed by atoms with Crippen LogP contribution in [-0.4, -0.2) is 72.8 Å². The molecule has 0 aliphatic carbocycles. The number of nitrogens with zero attached hydrogens (tertiary/aromatic N) is 2. The van der Waals surface area contributed by atoms with Crippen LogP contribution in [0.25, 0.3) is 0 Å².